The summed E-state index contributed by atoms with van der Waals surface area (Å²) in [4.78, 5) is 26.6. The Bertz CT molecular complexity index is 1470. The van der Waals surface area contributed by atoms with Gasteiger partial charge in [0.15, 0.2) is 12.4 Å². The van der Waals surface area contributed by atoms with E-state index in [9.17, 15) is 35.1 Å². The van der Waals surface area contributed by atoms with E-state index in [0.29, 0.717) is 12.8 Å². The Kier molecular flexibility index (Phi) is 53.0. The van der Waals surface area contributed by atoms with E-state index in [1.54, 1.807) is 6.08 Å². The van der Waals surface area contributed by atoms with Gasteiger partial charge < -0.3 is 45.1 Å². The molecule has 462 valence electrons. The summed E-state index contributed by atoms with van der Waals surface area (Å²) in [7, 11) is 0. The Labute approximate surface area is 485 Å². The van der Waals surface area contributed by atoms with Crippen LogP contribution in [0.3, 0.4) is 0 Å². The summed E-state index contributed by atoms with van der Waals surface area (Å²) < 4.78 is 17.7. The molecule has 0 spiro atoms. The molecule has 1 amide bonds. The molecule has 0 saturated carbocycles. The molecule has 0 aliphatic carbocycles. The van der Waals surface area contributed by atoms with Crippen LogP contribution >= 0.6 is 0 Å². The molecule has 0 aromatic heterocycles. The fourth-order valence-electron chi connectivity index (χ4n) is 10.5. The van der Waals surface area contributed by atoms with E-state index >= 15 is 0 Å². The Morgan fingerprint density at radius 3 is 1.35 bits per heavy atom. The second-order valence-corrected chi connectivity index (χ2v) is 23.2. The third-order valence-corrected chi connectivity index (χ3v) is 15.8. The molecule has 11 heteroatoms. The molecule has 8 atom stereocenters. The molecule has 79 heavy (non-hydrogen) atoms. The van der Waals surface area contributed by atoms with Crippen LogP contribution in [0.4, 0.5) is 0 Å². The molecule has 1 fully saturated rings. The average molecular weight is 1120 g/mol. The molecule has 8 unspecified atom stereocenters. The number of hydrogen-bond acceptors (Lipinski definition) is 10. The van der Waals surface area contributed by atoms with E-state index in [-0.39, 0.29) is 19.4 Å². The van der Waals surface area contributed by atoms with Gasteiger partial charge in [0.05, 0.1) is 25.4 Å². The number of aliphatic hydroxyl groups excluding tert-OH is 5. The molecule has 1 aliphatic rings. The fraction of sp³-hybridized carbons (Fsp3) is 0.853. The van der Waals surface area contributed by atoms with Crippen LogP contribution in [0, 0.1) is 0 Å². The monoisotopic (exact) mass is 1120 g/mol. The van der Waals surface area contributed by atoms with Gasteiger partial charge in [-0.3, -0.25) is 9.59 Å². The highest BCUT2D eigenvalue weighted by Crippen LogP contribution is 2.26. The van der Waals surface area contributed by atoms with Crippen molar-refractivity contribution in [2.45, 2.75) is 359 Å². The van der Waals surface area contributed by atoms with Gasteiger partial charge in [0.25, 0.3) is 0 Å². The second-order valence-electron chi connectivity index (χ2n) is 23.2. The van der Waals surface area contributed by atoms with Gasteiger partial charge in [-0.25, -0.2) is 0 Å². The van der Waals surface area contributed by atoms with E-state index in [2.05, 4.69) is 56.5 Å². The third kappa shape index (κ3) is 43.9. The summed E-state index contributed by atoms with van der Waals surface area (Å²) in [5.74, 6) is -1.20. The van der Waals surface area contributed by atoms with Gasteiger partial charge in [-0.1, -0.05) is 307 Å². The second kappa shape index (κ2) is 56.1. The standard InChI is InChI=1S/C68H125NO10/c1-4-7-10-13-16-19-22-25-27-28-29-30-31-32-33-34-35-38-41-44-47-50-53-56-63(73)79-66-65(75)64(74)62(57-70)78-68(66)77-58-59(60(71)54-51-48-45-42-39-36-24-21-18-15-12-9-6-3)69-67(76)61(72)55-52-49-46-43-40-37-26-23-20-17-14-11-8-5-2/h8,11,14,17,20,23,51,54,59-62,64-66,68,70-72,74-75H,4-7,9-10,12-13,15-16,18-19,21-22,24-50,52-53,55-58H2,1-3H3,(H,69,76)/b11-8+,17-14+,23-20+,54-51+. The van der Waals surface area contributed by atoms with Gasteiger partial charge in [0, 0.05) is 6.42 Å². The van der Waals surface area contributed by atoms with Crippen LogP contribution in [0.15, 0.2) is 48.6 Å². The molecule has 1 saturated heterocycles. The maximum atomic E-state index is 13.4. The number of carbonyl (C=O) groups is 2. The minimum Gasteiger partial charge on any atom is -0.454 e. The first-order valence-corrected chi connectivity index (χ1v) is 33.4. The molecular formula is C68H125NO10. The van der Waals surface area contributed by atoms with Crippen molar-refractivity contribution in [3.63, 3.8) is 0 Å². The number of hydrogen-bond donors (Lipinski definition) is 6. The number of unbranched alkanes of at least 4 members (excludes halogenated alkanes) is 39. The molecule has 1 heterocycles. The Balaban J connectivity index is 2.60. The number of rotatable bonds is 57. The molecule has 0 radical (unpaired) electrons. The number of amides is 1. The van der Waals surface area contributed by atoms with Crippen molar-refractivity contribution < 1.29 is 49.3 Å². The van der Waals surface area contributed by atoms with Crippen LogP contribution in [-0.2, 0) is 23.8 Å². The van der Waals surface area contributed by atoms with Crippen molar-refractivity contribution >= 4 is 11.9 Å². The lowest BCUT2D eigenvalue weighted by Crippen LogP contribution is -2.61. The Morgan fingerprint density at radius 2 is 0.911 bits per heavy atom. The van der Waals surface area contributed by atoms with E-state index < -0.39 is 67.4 Å². The maximum Gasteiger partial charge on any atom is 0.306 e. The largest absolute Gasteiger partial charge is 0.454 e. The summed E-state index contributed by atoms with van der Waals surface area (Å²) in [6.07, 6.45) is 58.7. The Morgan fingerprint density at radius 1 is 0.506 bits per heavy atom. The zero-order chi connectivity index (χ0) is 57.5. The van der Waals surface area contributed by atoms with Crippen molar-refractivity contribution in [2.24, 2.45) is 0 Å². The van der Waals surface area contributed by atoms with Crippen LogP contribution in [-0.4, -0.2) is 99.6 Å². The lowest BCUT2D eigenvalue weighted by atomic mass is 9.99. The van der Waals surface area contributed by atoms with E-state index in [4.69, 9.17) is 14.2 Å². The smallest absolute Gasteiger partial charge is 0.306 e. The van der Waals surface area contributed by atoms with Crippen LogP contribution in [0.2, 0.25) is 0 Å². The van der Waals surface area contributed by atoms with Gasteiger partial charge in [-0.15, -0.1) is 0 Å². The highest BCUT2D eigenvalue weighted by atomic mass is 16.7. The molecule has 1 rings (SSSR count). The number of allylic oxidation sites excluding steroid dienone is 7. The maximum absolute atomic E-state index is 13.4. The quantitative estimate of drug-likeness (QED) is 0.0149. The molecule has 6 N–H and O–H groups in total. The van der Waals surface area contributed by atoms with Crippen LogP contribution in [0.25, 0.3) is 0 Å². The minimum absolute atomic E-state index is 0.126. The highest BCUT2D eigenvalue weighted by molar-refractivity contribution is 5.80. The molecule has 11 nitrogen and oxygen atoms in total. The van der Waals surface area contributed by atoms with Crippen LogP contribution in [0.5, 0.6) is 0 Å². The number of ether oxygens (including phenoxy) is 3. The van der Waals surface area contributed by atoms with E-state index in [1.807, 2.05) is 12.2 Å². The molecule has 0 aromatic rings. The van der Waals surface area contributed by atoms with Crippen molar-refractivity contribution in [1.82, 2.24) is 5.32 Å². The molecule has 0 bridgehead atoms. The van der Waals surface area contributed by atoms with Crippen molar-refractivity contribution in [3.8, 4) is 0 Å². The van der Waals surface area contributed by atoms with Crippen molar-refractivity contribution in [1.29, 1.82) is 0 Å². The lowest BCUT2D eigenvalue weighted by molar-refractivity contribution is -0.305. The SMILES string of the molecule is CC/C=C/C=C/C=C/CCCCCCCCC(O)C(=O)NC(COC1OC(CO)C(O)C(O)C1OC(=O)CCCCCCCCCCCCCCCCCCCCCCCCC)C(O)/C=C/CCCCCCCCCCCCC. The third-order valence-electron chi connectivity index (χ3n) is 15.8. The number of esters is 1. The normalized spacial score (nSPS) is 19.1. The lowest BCUT2D eigenvalue weighted by Gasteiger charge is -2.41. The first-order valence-electron chi connectivity index (χ1n) is 33.4. The molecular weight excluding hydrogens is 991 g/mol. The van der Waals surface area contributed by atoms with Gasteiger partial charge in [0.1, 0.15) is 24.4 Å². The predicted molar refractivity (Wildman–Crippen MR) is 329 cm³/mol. The van der Waals surface area contributed by atoms with E-state index in [0.717, 1.165) is 83.5 Å². The van der Waals surface area contributed by atoms with E-state index in [1.165, 1.54) is 180 Å². The average Bonchev–Trinajstić information content (AvgIpc) is 3.49. The van der Waals surface area contributed by atoms with Crippen LogP contribution in [0.1, 0.15) is 310 Å². The number of aliphatic hydroxyl groups is 5. The zero-order valence-electron chi connectivity index (χ0n) is 51.2. The topological polar surface area (TPSA) is 175 Å². The minimum atomic E-state index is -1.61. The Hall–Kier alpha value is -2.38. The van der Waals surface area contributed by atoms with Crippen LogP contribution < -0.4 is 5.32 Å². The van der Waals surface area contributed by atoms with Crippen molar-refractivity contribution in [2.75, 3.05) is 13.2 Å². The van der Waals surface area contributed by atoms with Gasteiger partial charge in [0.2, 0.25) is 5.91 Å². The first kappa shape index (κ1) is 74.6. The summed E-state index contributed by atoms with van der Waals surface area (Å²) in [6, 6.07) is -1.03. The first-order chi connectivity index (χ1) is 38.7. The summed E-state index contributed by atoms with van der Waals surface area (Å²) in [5.41, 5.74) is 0. The van der Waals surface area contributed by atoms with Crippen molar-refractivity contribution in [3.05, 3.63) is 48.6 Å². The summed E-state index contributed by atoms with van der Waals surface area (Å²) in [5, 5.41) is 57.1. The number of nitrogens with one attached hydrogen (secondary N) is 1. The van der Waals surface area contributed by atoms with Gasteiger partial charge >= 0.3 is 5.97 Å². The van der Waals surface area contributed by atoms with Gasteiger partial charge in [-0.2, -0.15) is 0 Å². The molecule has 0 aromatic carbocycles. The highest BCUT2D eigenvalue weighted by Gasteiger charge is 2.47. The molecule has 1 aliphatic heterocycles. The van der Waals surface area contributed by atoms with Gasteiger partial charge in [-0.05, 0) is 44.9 Å². The number of carbonyl (C=O) groups excluding carboxylic acids is 2. The fourth-order valence-corrected chi connectivity index (χ4v) is 10.5. The zero-order valence-corrected chi connectivity index (χ0v) is 51.2. The summed E-state index contributed by atoms with van der Waals surface area (Å²) >= 11 is 0. The summed E-state index contributed by atoms with van der Waals surface area (Å²) in [6.45, 7) is 5.69. The predicted octanol–water partition coefficient (Wildman–Crippen LogP) is 16.4.